The molecule has 1 N–H and O–H groups in total. The lowest BCUT2D eigenvalue weighted by atomic mass is 10.1. The maximum Gasteiger partial charge on any atom is 0.251 e. The molecular weight excluding hydrogens is 240 g/mol. The lowest BCUT2D eigenvalue weighted by Gasteiger charge is -2.14. The summed E-state index contributed by atoms with van der Waals surface area (Å²) in [5, 5.41) is 2.94. The summed E-state index contributed by atoms with van der Waals surface area (Å²) in [6.07, 6.45) is 3.43. The fourth-order valence-electron chi connectivity index (χ4n) is 1.76. The Morgan fingerprint density at radius 3 is 2.37 bits per heavy atom. The number of rotatable bonds is 4. The molecule has 4 heteroatoms. The Balaban J connectivity index is 2.04. The Labute approximate surface area is 112 Å². The smallest absolute Gasteiger partial charge is 0.251 e. The second-order valence-corrected chi connectivity index (χ2v) is 4.20. The van der Waals surface area contributed by atoms with E-state index in [2.05, 4.69) is 10.3 Å². The summed E-state index contributed by atoms with van der Waals surface area (Å²) in [5.74, 6) is 0.630. The zero-order valence-corrected chi connectivity index (χ0v) is 11.0. The van der Waals surface area contributed by atoms with Gasteiger partial charge in [-0.15, -0.1) is 0 Å². The van der Waals surface area contributed by atoms with E-state index in [0.717, 1.165) is 11.3 Å². The van der Waals surface area contributed by atoms with Crippen LogP contribution in [0.25, 0.3) is 0 Å². The van der Waals surface area contributed by atoms with E-state index in [1.54, 1.807) is 43.8 Å². The number of carbonyl (C=O) groups excluding carboxylic acids is 1. The van der Waals surface area contributed by atoms with E-state index < -0.39 is 0 Å². The van der Waals surface area contributed by atoms with Gasteiger partial charge < -0.3 is 10.1 Å². The van der Waals surface area contributed by atoms with Crippen molar-refractivity contribution in [2.45, 2.75) is 13.0 Å². The van der Waals surface area contributed by atoms with Gasteiger partial charge in [-0.1, -0.05) is 0 Å². The fraction of sp³-hybridized carbons (Fsp3) is 0.200. The first kappa shape index (κ1) is 13.1. The van der Waals surface area contributed by atoms with E-state index in [-0.39, 0.29) is 11.9 Å². The molecule has 0 saturated heterocycles. The van der Waals surface area contributed by atoms with Gasteiger partial charge in [-0.05, 0) is 48.9 Å². The topological polar surface area (TPSA) is 51.2 Å². The minimum absolute atomic E-state index is 0.0578. The van der Waals surface area contributed by atoms with Crippen molar-refractivity contribution in [1.29, 1.82) is 0 Å². The molecule has 1 atom stereocenters. The Kier molecular flexibility index (Phi) is 4.13. The van der Waals surface area contributed by atoms with Crippen molar-refractivity contribution in [2.75, 3.05) is 7.11 Å². The van der Waals surface area contributed by atoms with Crippen molar-refractivity contribution < 1.29 is 9.53 Å². The normalized spacial score (nSPS) is 11.7. The van der Waals surface area contributed by atoms with E-state index >= 15 is 0 Å². The van der Waals surface area contributed by atoms with Crippen molar-refractivity contribution in [3.05, 3.63) is 59.9 Å². The molecule has 0 radical (unpaired) electrons. The third-order valence-corrected chi connectivity index (χ3v) is 2.91. The van der Waals surface area contributed by atoms with Crippen molar-refractivity contribution in [2.24, 2.45) is 0 Å². The van der Waals surface area contributed by atoms with Crippen LogP contribution in [0.2, 0.25) is 0 Å². The first-order chi connectivity index (χ1) is 9.20. The molecule has 98 valence electrons. The molecule has 0 fully saturated rings. The van der Waals surface area contributed by atoms with Crippen LogP contribution in [-0.2, 0) is 0 Å². The van der Waals surface area contributed by atoms with Gasteiger partial charge in [0.25, 0.3) is 5.91 Å². The van der Waals surface area contributed by atoms with Crippen LogP contribution in [0.3, 0.4) is 0 Å². The van der Waals surface area contributed by atoms with Gasteiger partial charge in [0.05, 0.1) is 13.2 Å². The molecule has 0 bridgehead atoms. The third kappa shape index (κ3) is 3.31. The number of amides is 1. The number of benzene rings is 1. The second-order valence-electron chi connectivity index (χ2n) is 4.20. The number of methoxy groups -OCH3 is 1. The van der Waals surface area contributed by atoms with Gasteiger partial charge in [0.2, 0.25) is 0 Å². The van der Waals surface area contributed by atoms with Crippen LogP contribution in [0.5, 0.6) is 5.75 Å². The molecule has 2 aromatic rings. The minimum Gasteiger partial charge on any atom is -0.497 e. The molecule has 1 heterocycles. The Bertz CT molecular complexity index is 538. The summed E-state index contributed by atoms with van der Waals surface area (Å²) in [6, 6.07) is 10.7. The molecule has 0 saturated carbocycles. The highest BCUT2D eigenvalue weighted by Crippen LogP contribution is 2.14. The molecule has 0 aliphatic heterocycles. The number of nitrogens with zero attached hydrogens (tertiary/aromatic N) is 1. The lowest BCUT2D eigenvalue weighted by Crippen LogP contribution is -2.26. The molecule has 1 aromatic carbocycles. The van der Waals surface area contributed by atoms with Crippen molar-refractivity contribution in [1.82, 2.24) is 10.3 Å². The van der Waals surface area contributed by atoms with Crippen LogP contribution in [0.1, 0.15) is 28.9 Å². The van der Waals surface area contributed by atoms with Crippen LogP contribution < -0.4 is 10.1 Å². The monoisotopic (exact) mass is 256 g/mol. The van der Waals surface area contributed by atoms with Gasteiger partial charge in [0, 0.05) is 18.0 Å². The van der Waals surface area contributed by atoms with Gasteiger partial charge in [-0.25, -0.2) is 0 Å². The summed E-state index contributed by atoms with van der Waals surface area (Å²) in [5.41, 5.74) is 1.64. The van der Waals surface area contributed by atoms with E-state index in [1.807, 2.05) is 19.1 Å². The van der Waals surface area contributed by atoms with Crippen molar-refractivity contribution in [3.63, 3.8) is 0 Å². The zero-order valence-electron chi connectivity index (χ0n) is 11.0. The predicted molar refractivity (Wildman–Crippen MR) is 73.1 cm³/mol. The highest BCUT2D eigenvalue weighted by atomic mass is 16.5. The number of ether oxygens (including phenoxy) is 1. The first-order valence-corrected chi connectivity index (χ1v) is 6.05. The van der Waals surface area contributed by atoms with Crippen LogP contribution in [0, 0.1) is 0 Å². The molecule has 1 amide bonds. The van der Waals surface area contributed by atoms with E-state index in [4.69, 9.17) is 4.74 Å². The number of hydrogen-bond acceptors (Lipinski definition) is 3. The van der Waals surface area contributed by atoms with Crippen molar-refractivity contribution in [3.8, 4) is 5.75 Å². The SMILES string of the molecule is COc1ccc(C(=O)N[C@@H](C)c2ccncc2)cc1. The van der Waals surface area contributed by atoms with Gasteiger partial charge in [0.15, 0.2) is 0 Å². The summed E-state index contributed by atoms with van der Waals surface area (Å²) in [4.78, 5) is 16.0. The molecule has 1 aromatic heterocycles. The summed E-state index contributed by atoms with van der Waals surface area (Å²) < 4.78 is 5.06. The maximum absolute atomic E-state index is 12.1. The van der Waals surface area contributed by atoms with Crippen LogP contribution >= 0.6 is 0 Å². The molecule has 2 rings (SSSR count). The number of pyridine rings is 1. The van der Waals surface area contributed by atoms with Crippen LogP contribution in [0.15, 0.2) is 48.8 Å². The molecule has 4 nitrogen and oxygen atoms in total. The molecular formula is C15H16N2O2. The first-order valence-electron chi connectivity index (χ1n) is 6.05. The number of aromatic nitrogens is 1. The van der Waals surface area contributed by atoms with Gasteiger partial charge in [0.1, 0.15) is 5.75 Å². The molecule has 0 unspecified atom stereocenters. The molecule has 0 spiro atoms. The van der Waals surface area contributed by atoms with Crippen molar-refractivity contribution >= 4 is 5.91 Å². The van der Waals surface area contributed by atoms with E-state index in [0.29, 0.717) is 5.56 Å². The van der Waals surface area contributed by atoms with E-state index in [9.17, 15) is 4.79 Å². The number of carbonyl (C=O) groups is 1. The van der Waals surface area contributed by atoms with Crippen LogP contribution in [-0.4, -0.2) is 18.0 Å². The fourth-order valence-corrected chi connectivity index (χ4v) is 1.76. The van der Waals surface area contributed by atoms with Gasteiger partial charge in [-0.2, -0.15) is 0 Å². The highest BCUT2D eigenvalue weighted by molar-refractivity contribution is 5.94. The highest BCUT2D eigenvalue weighted by Gasteiger charge is 2.11. The molecule has 0 aliphatic carbocycles. The average Bonchev–Trinajstić information content (AvgIpc) is 2.48. The van der Waals surface area contributed by atoms with Crippen LogP contribution in [0.4, 0.5) is 0 Å². The maximum atomic E-state index is 12.1. The zero-order chi connectivity index (χ0) is 13.7. The number of nitrogens with one attached hydrogen (secondary N) is 1. The van der Waals surface area contributed by atoms with Gasteiger partial charge in [-0.3, -0.25) is 9.78 Å². The summed E-state index contributed by atoms with van der Waals surface area (Å²) in [7, 11) is 1.60. The summed E-state index contributed by atoms with van der Waals surface area (Å²) in [6.45, 7) is 1.94. The minimum atomic E-state index is -0.105. The Hall–Kier alpha value is -2.36. The third-order valence-electron chi connectivity index (χ3n) is 2.91. The second kappa shape index (κ2) is 6.00. The van der Waals surface area contributed by atoms with E-state index in [1.165, 1.54) is 0 Å². The number of hydrogen-bond donors (Lipinski definition) is 1. The van der Waals surface area contributed by atoms with Gasteiger partial charge >= 0.3 is 0 Å². The quantitative estimate of drug-likeness (QED) is 0.914. The predicted octanol–water partition coefficient (Wildman–Crippen LogP) is 2.58. The Morgan fingerprint density at radius 2 is 1.79 bits per heavy atom. The molecule has 0 aliphatic rings. The average molecular weight is 256 g/mol. The largest absolute Gasteiger partial charge is 0.497 e. The summed E-state index contributed by atoms with van der Waals surface area (Å²) >= 11 is 0. The molecule has 19 heavy (non-hydrogen) atoms. The lowest BCUT2D eigenvalue weighted by molar-refractivity contribution is 0.0940. The Morgan fingerprint density at radius 1 is 1.16 bits per heavy atom. The standard InChI is InChI=1S/C15H16N2O2/c1-11(12-7-9-16-10-8-12)17-15(18)13-3-5-14(19-2)6-4-13/h3-11H,1-2H3,(H,17,18)/t11-/m0/s1.